The number of hydrogen-bond donors (Lipinski definition) is 2. The second-order valence-corrected chi connectivity index (χ2v) is 6.63. The van der Waals surface area contributed by atoms with Crippen LogP contribution in [0.5, 0.6) is 23.0 Å². The maximum atomic E-state index is 12.6. The lowest BCUT2D eigenvalue weighted by Gasteiger charge is -2.10. The Balaban J connectivity index is 1.43. The molecular weight excluding hydrogens is 394 g/mol. The summed E-state index contributed by atoms with van der Waals surface area (Å²) >= 11 is 0. The first-order valence-electron chi connectivity index (χ1n) is 9.03. The predicted octanol–water partition coefficient (Wildman–Crippen LogP) is 2.00. The largest absolute Gasteiger partial charge is 0.484 e. The van der Waals surface area contributed by atoms with Crippen LogP contribution in [0.4, 0.5) is 0 Å². The number of ketones is 1. The lowest BCUT2D eigenvalue weighted by atomic mass is 10.1. The lowest BCUT2D eigenvalue weighted by molar-refractivity contribution is -0.141. The molecule has 1 amide bonds. The normalized spacial score (nSPS) is 16.0. The molecule has 1 atom stereocenters. The van der Waals surface area contributed by atoms with Crippen molar-refractivity contribution in [3.05, 3.63) is 53.3 Å². The zero-order valence-corrected chi connectivity index (χ0v) is 15.8. The second-order valence-electron chi connectivity index (χ2n) is 6.63. The number of rotatable bonds is 6. The summed E-state index contributed by atoms with van der Waals surface area (Å²) in [5, 5.41) is 11.1. The van der Waals surface area contributed by atoms with Gasteiger partial charge < -0.3 is 29.4 Å². The molecule has 2 aromatic carbocycles. The lowest BCUT2D eigenvalue weighted by Crippen LogP contribution is -2.40. The minimum atomic E-state index is -1.14. The van der Waals surface area contributed by atoms with Crippen LogP contribution in [0.25, 0.3) is 6.08 Å². The van der Waals surface area contributed by atoms with Crippen LogP contribution < -0.4 is 24.3 Å². The van der Waals surface area contributed by atoms with Gasteiger partial charge in [-0.05, 0) is 42.8 Å². The average molecular weight is 411 g/mol. The van der Waals surface area contributed by atoms with Crippen LogP contribution >= 0.6 is 0 Å². The van der Waals surface area contributed by atoms with Crippen molar-refractivity contribution < 1.29 is 38.4 Å². The molecule has 0 fully saturated rings. The Morgan fingerprint density at radius 2 is 1.97 bits per heavy atom. The number of aliphatic carboxylic acids is 1. The van der Waals surface area contributed by atoms with E-state index in [0.717, 1.165) is 5.56 Å². The van der Waals surface area contributed by atoms with E-state index in [-0.39, 0.29) is 24.9 Å². The first kappa shape index (κ1) is 19.3. The van der Waals surface area contributed by atoms with Crippen LogP contribution in [-0.2, 0) is 9.59 Å². The molecule has 9 heteroatoms. The van der Waals surface area contributed by atoms with Crippen molar-refractivity contribution in [1.82, 2.24) is 5.32 Å². The van der Waals surface area contributed by atoms with Gasteiger partial charge in [0.2, 0.25) is 12.6 Å². The molecule has 154 valence electrons. The number of carbonyl (C=O) groups excluding carboxylic acids is 2. The number of allylic oxidation sites excluding steroid dienone is 1. The Kier molecular flexibility index (Phi) is 5.01. The molecule has 2 aliphatic rings. The van der Waals surface area contributed by atoms with E-state index in [2.05, 4.69) is 5.32 Å². The number of ether oxygens (including phenoxy) is 4. The van der Waals surface area contributed by atoms with E-state index in [1.165, 1.54) is 19.1 Å². The first-order chi connectivity index (χ1) is 14.4. The fourth-order valence-electron chi connectivity index (χ4n) is 2.91. The van der Waals surface area contributed by atoms with Crippen molar-refractivity contribution in [3.8, 4) is 23.0 Å². The van der Waals surface area contributed by atoms with Crippen molar-refractivity contribution >= 4 is 23.7 Å². The third-order valence-corrected chi connectivity index (χ3v) is 4.45. The zero-order valence-electron chi connectivity index (χ0n) is 15.8. The first-order valence-corrected chi connectivity index (χ1v) is 9.03. The summed E-state index contributed by atoms with van der Waals surface area (Å²) in [6.07, 6.45) is 1.60. The number of fused-ring (bicyclic) bond motifs is 2. The van der Waals surface area contributed by atoms with Crippen molar-refractivity contribution in [2.45, 2.75) is 13.0 Å². The van der Waals surface area contributed by atoms with Gasteiger partial charge in [0.05, 0.1) is 5.56 Å². The fourth-order valence-corrected chi connectivity index (χ4v) is 2.91. The second kappa shape index (κ2) is 7.78. The van der Waals surface area contributed by atoms with Crippen LogP contribution in [0.2, 0.25) is 0 Å². The summed E-state index contributed by atoms with van der Waals surface area (Å²) in [5.41, 5.74) is 1.09. The highest BCUT2D eigenvalue weighted by atomic mass is 16.7. The third-order valence-electron chi connectivity index (χ3n) is 4.45. The van der Waals surface area contributed by atoms with Crippen LogP contribution in [0.3, 0.4) is 0 Å². The zero-order chi connectivity index (χ0) is 21.3. The van der Waals surface area contributed by atoms with E-state index < -0.39 is 17.9 Å². The summed E-state index contributed by atoms with van der Waals surface area (Å²) in [7, 11) is 0. The van der Waals surface area contributed by atoms with Crippen molar-refractivity contribution in [1.29, 1.82) is 0 Å². The highest BCUT2D eigenvalue weighted by Crippen LogP contribution is 2.37. The van der Waals surface area contributed by atoms with E-state index in [1.807, 2.05) is 0 Å². The molecule has 0 unspecified atom stereocenters. The van der Waals surface area contributed by atoms with Crippen LogP contribution in [0, 0.1) is 0 Å². The smallest absolute Gasteiger partial charge is 0.325 e. The standard InChI is InChI=1S/C21H17NO8/c1-11(21(25)26)22-19(23)9-27-13-3-4-14-16(8-13)30-18(20(14)24)7-12-2-5-15-17(6-12)29-10-28-15/h2-8,11H,9-10H2,1H3,(H,22,23)(H,25,26)/t11-/m1/s1. The van der Waals surface area contributed by atoms with E-state index >= 15 is 0 Å². The molecule has 2 N–H and O–H groups in total. The fraction of sp³-hybridized carbons (Fsp3) is 0.190. The number of carbonyl (C=O) groups is 3. The molecule has 0 radical (unpaired) electrons. The van der Waals surface area contributed by atoms with Gasteiger partial charge in [0.15, 0.2) is 23.9 Å². The van der Waals surface area contributed by atoms with Gasteiger partial charge in [-0.2, -0.15) is 0 Å². The topological polar surface area (TPSA) is 120 Å². The Bertz CT molecular complexity index is 1070. The van der Waals surface area contributed by atoms with Crippen molar-refractivity contribution in [3.63, 3.8) is 0 Å². The minimum Gasteiger partial charge on any atom is -0.484 e. The summed E-state index contributed by atoms with van der Waals surface area (Å²) in [6, 6.07) is 8.85. The Labute approximate surface area is 170 Å². The number of amides is 1. The predicted molar refractivity (Wildman–Crippen MR) is 103 cm³/mol. The van der Waals surface area contributed by atoms with Gasteiger partial charge in [0, 0.05) is 6.07 Å². The quantitative estimate of drug-likeness (QED) is 0.693. The summed E-state index contributed by atoms with van der Waals surface area (Å²) in [6.45, 7) is 1.14. The van der Waals surface area contributed by atoms with Crippen molar-refractivity contribution in [2.24, 2.45) is 0 Å². The number of benzene rings is 2. The number of carboxylic acid groups (broad SMARTS) is 1. The number of nitrogens with one attached hydrogen (secondary N) is 1. The summed E-state index contributed by atoms with van der Waals surface area (Å²) in [4.78, 5) is 35.1. The molecule has 9 nitrogen and oxygen atoms in total. The number of carboxylic acids is 1. The molecule has 0 spiro atoms. The highest BCUT2D eigenvalue weighted by Gasteiger charge is 2.28. The molecule has 2 aromatic rings. The van der Waals surface area contributed by atoms with Gasteiger partial charge in [-0.3, -0.25) is 14.4 Å². The molecule has 4 rings (SSSR count). The molecular formula is C21H17NO8. The molecule has 0 aliphatic carbocycles. The van der Waals surface area contributed by atoms with Gasteiger partial charge >= 0.3 is 5.97 Å². The van der Waals surface area contributed by atoms with Gasteiger partial charge in [-0.15, -0.1) is 0 Å². The number of Topliss-reactive ketones (excluding diaryl/α,β-unsaturated/α-hetero) is 1. The van der Waals surface area contributed by atoms with Gasteiger partial charge in [0.25, 0.3) is 5.91 Å². The Hall–Kier alpha value is -4.01. The van der Waals surface area contributed by atoms with Crippen LogP contribution in [0.15, 0.2) is 42.2 Å². The number of hydrogen-bond acceptors (Lipinski definition) is 7. The maximum absolute atomic E-state index is 12.6. The molecule has 0 saturated carbocycles. The molecule has 0 saturated heterocycles. The van der Waals surface area contributed by atoms with Crippen LogP contribution in [-0.4, -0.2) is 42.2 Å². The van der Waals surface area contributed by atoms with E-state index in [9.17, 15) is 14.4 Å². The molecule has 0 aromatic heterocycles. The highest BCUT2D eigenvalue weighted by molar-refractivity contribution is 6.14. The SMILES string of the molecule is C[C@@H](NC(=O)COc1ccc2c(c1)OC(=Cc1ccc3c(c1)OCO3)C2=O)C(=O)O. The van der Waals surface area contributed by atoms with Gasteiger partial charge in [-0.1, -0.05) is 6.07 Å². The molecule has 30 heavy (non-hydrogen) atoms. The third kappa shape index (κ3) is 3.90. The summed E-state index contributed by atoms with van der Waals surface area (Å²) in [5.74, 6) is 0.00520. The Morgan fingerprint density at radius 1 is 1.17 bits per heavy atom. The monoisotopic (exact) mass is 411 g/mol. The van der Waals surface area contributed by atoms with Gasteiger partial charge in [0.1, 0.15) is 17.5 Å². The van der Waals surface area contributed by atoms with E-state index in [1.54, 1.807) is 30.3 Å². The van der Waals surface area contributed by atoms with E-state index in [4.69, 9.17) is 24.1 Å². The molecule has 2 aliphatic heterocycles. The van der Waals surface area contributed by atoms with Crippen LogP contribution in [0.1, 0.15) is 22.8 Å². The summed E-state index contributed by atoms with van der Waals surface area (Å²) < 4.78 is 21.6. The molecule has 2 heterocycles. The van der Waals surface area contributed by atoms with E-state index in [0.29, 0.717) is 28.6 Å². The Morgan fingerprint density at radius 3 is 2.77 bits per heavy atom. The van der Waals surface area contributed by atoms with Crippen molar-refractivity contribution in [2.75, 3.05) is 13.4 Å². The molecule has 0 bridgehead atoms. The van der Waals surface area contributed by atoms with Gasteiger partial charge in [-0.25, -0.2) is 0 Å². The minimum absolute atomic E-state index is 0.147. The maximum Gasteiger partial charge on any atom is 0.325 e. The average Bonchev–Trinajstić information content (AvgIpc) is 3.30.